The lowest BCUT2D eigenvalue weighted by molar-refractivity contribution is -0.297. The molecule has 0 aliphatic carbocycles. The molecule has 0 N–H and O–H groups in total. The average Bonchev–Trinajstić information content (AvgIpc) is 2.65. The standard InChI is InChI=1S/C19H19NO5S/c1-25-17-10-8-14(9-11-19(21)22)13-18(17)26(23,24)20-12-4-6-15-5-2-3-7-16(15)20/h2-3,5,7-11,13H,4,6,12H2,1H3,(H,21,22)/p-1/b11-9+. The number of carboxylic acids is 1. The van der Waals surface area contributed by atoms with Crippen molar-refractivity contribution in [3.8, 4) is 5.75 Å². The highest BCUT2D eigenvalue weighted by Crippen LogP contribution is 2.35. The first-order valence-corrected chi connectivity index (χ1v) is 9.55. The van der Waals surface area contributed by atoms with E-state index >= 15 is 0 Å². The summed E-state index contributed by atoms with van der Waals surface area (Å²) in [5.41, 5.74) is 2.07. The number of methoxy groups -OCH3 is 1. The molecule has 0 atom stereocenters. The summed E-state index contributed by atoms with van der Waals surface area (Å²) in [5.74, 6) is -1.14. The molecule has 6 nitrogen and oxygen atoms in total. The summed E-state index contributed by atoms with van der Waals surface area (Å²) in [7, 11) is -2.47. The first kappa shape index (κ1) is 18.0. The third-order valence-corrected chi connectivity index (χ3v) is 6.07. The number of aryl methyl sites for hydroxylation is 1. The van der Waals surface area contributed by atoms with Gasteiger partial charge < -0.3 is 14.6 Å². The maximum Gasteiger partial charge on any atom is 0.268 e. The molecule has 2 aromatic carbocycles. The number of sulfonamides is 1. The van der Waals surface area contributed by atoms with E-state index in [0.717, 1.165) is 24.5 Å². The van der Waals surface area contributed by atoms with E-state index in [4.69, 9.17) is 4.74 Å². The number of carboxylic acid groups (broad SMARTS) is 1. The van der Waals surface area contributed by atoms with Crippen LogP contribution in [0, 0.1) is 0 Å². The van der Waals surface area contributed by atoms with Gasteiger partial charge in [0, 0.05) is 6.54 Å². The minimum atomic E-state index is -3.87. The van der Waals surface area contributed by atoms with Gasteiger partial charge in [0.25, 0.3) is 10.0 Å². The zero-order chi connectivity index (χ0) is 18.7. The first-order chi connectivity index (χ1) is 12.4. The Bertz CT molecular complexity index is 966. The Kier molecular flexibility index (Phi) is 4.99. The van der Waals surface area contributed by atoms with E-state index in [9.17, 15) is 18.3 Å². The highest BCUT2D eigenvalue weighted by Gasteiger charge is 2.31. The largest absolute Gasteiger partial charge is 0.545 e. The Hall–Kier alpha value is -2.80. The Balaban J connectivity index is 2.10. The molecular formula is C19H18NO5S-. The second-order valence-corrected chi connectivity index (χ2v) is 7.70. The number of nitrogens with zero attached hydrogens (tertiary/aromatic N) is 1. The lowest BCUT2D eigenvalue weighted by Gasteiger charge is -2.31. The molecule has 1 aliphatic heterocycles. The van der Waals surface area contributed by atoms with Gasteiger partial charge >= 0.3 is 0 Å². The molecular weight excluding hydrogens is 354 g/mol. The summed E-state index contributed by atoms with van der Waals surface area (Å²) < 4.78 is 33.2. The second kappa shape index (κ2) is 7.21. The number of benzene rings is 2. The molecule has 0 saturated heterocycles. The highest BCUT2D eigenvalue weighted by atomic mass is 32.2. The van der Waals surface area contributed by atoms with Crippen molar-refractivity contribution < 1.29 is 23.1 Å². The molecule has 0 spiro atoms. The molecule has 0 radical (unpaired) electrons. The molecule has 0 unspecified atom stereocenters. The number of anilines is 1. The zero-order valence-corrected chi connectivity index (χ0v) is 15.0. The number of fused-ring (bicyclic) bond motifs is 1. The second-order valence-electron chi connectivity index (χ2n) is 5.87. The number of aliphatic carboxylic acids is 1. The lowest BCUT2D eigenvalue weighted by atomic mass is 10.0. The van der Waals surface area contributed by atoms with Crippen LogP contribution < -0.4 is 14.1 Å². The van der Waals surface area contributed by atoms with Crippen LogP contribution in [-0.2, 0) is 21.2 Å². The van der Waals surface area contributed by atoms with E-state index in [-0.39, 0.29) is 10.6 Å². The van der Waals surface area contributed by atoms with Gasteiger partial charge in [-0.1, -0.05) is 30.3 Å². The van der Waals surface area contributed by atoms with Crippen molar-refractivity contribution in [2.45, 2.75) is 17.7 Å². The van der Waals surface area contributed by atoms with E-state index < -0.39 is 16.0 Å². The quantitative estimate of drug-likeness (QED) is 0.744. The molecule has 1 heterocycles. The van der Waals surface area contributed by atoms with Crippen LogP contribution in [0.4, 0.5) is 5.69 Å². The van der Waals surface area contributed by atoms with Gasteiger partial charge in [-0.15, -0.1) is 0 Å². The molecule has 26 heavy (non-hydrogen) atoms. The van der Waals surface area contributed by atoms with Crippen molar-refractivity contribution in [2.75, 3.05) is 18.0 Å². The molecule has 3 rings (SSSR count). The molecule has 136 valence electrons. The predicted molar refractivity (Wildman–Crippen MR) is 96.3 cm³/mol. The minimum Gasteiger partial charge on any atom is -0.545 e. The molecule has 0 amide bonds. The minimum absolute atomic E-state index is 0.00259. The van der Waals surface area contributed by atoms with Gasteiger partial charge in [0.1, 0.15) is 10.6 Å². The fourth-order valence-corrected chi connectivity index (χ4v) is 4.76. The van der Waals surface area contributed by atoms with Crippen LogP contribution in [0.1, 0.15) is 17.5 Å². The van der Waals surface area contributed by atoms with Crippen molar-refractivity contribution >= 4 is 27.8 Å². The van der Waals surface area contributed by atoms with Crippen LogP contribution in [0.2, 0.25) is 0 Å². The molecule has 0 aromatic heterocycles. The van der Waals surface area contributed by atoms with E-state index in [1.165, 1.54) is 29.6 Å². The van der Waals surface area contributed by atoms with E-state index in [0.29, 0.717) is 17.8 Å². The summed E-state index contributed by atoms with van der Waals surface area (Å²) >= 11 is 0. The van der Waals surface area contributed by atoms with Crippen molar-refractivity contribution in [3.63, 3.8) is 0 Å². The number of ether oxygens (including phenoxy) is 1. The third kappa shape index (κ3) is 3.43. The van der Waals surface area contributed by atoms with Crippen molar-refractivity contribution in [2.24, 2.45) is 0 Å². The summed E-state index contributed by atoms with van der Waals surface area (Å²) in [6.07, 6.45) is 3.70. The summed E-state index contributed by atoms with van der Waals surface area (Å²) in [4.78, 5) is 10.6. The molecule has 0 fully saturated rings. The number of rotatable bonds is 5. The monoisotopic (exact) mass is 372 g/mol. The predicted octanol–water partition coefficient (Wildman–Crippen LogP) is 1.60. The molecule has 1 aliphatic rings. The van der Waals surface area contributed by atoms with Gasteiger partial charge in [0.05, 0.1) is 18.8 Å². The summed E-state index contributed by atoms with van der Waals surface area (Å²) in [6, 6.07) is 11.9. The van der Waals surface area contributed by atoms with Crippen LogP contribution in [-0.4, -0.2) is 28.0 Å². The van der Waals surface area contributed by atoms with Gasteiger partial charge in [-0.25, -0.2) is 8.42 Å². The maximum atomic E-state index is 13.3. The number of hydrogen-bond acceptors (Lipinski definition) is 5. The van der Waals surface area contributed by atoms with Gasteiger partial charge in [-0.3, -0.25) is 4.31 Å². The average molecular weight is 372 g/mol. The molecule has 2 aromatic rings. The van der Waals surface area contributed by atoms with E-state index in [1.54, 1.807) is 12.1 Å². The smallest absolute Gasteiger partial charge is 0.268 e. The van der Waals surface area contributed by atoms with Crippen LogP contribution in [0.5, 0.6) is 5.75 Å². The lowest BCUT2D eigenvalue weighted by Crippen LogP contribution is -2.35. The summed E-state index contributed by atoms with van der Waals surface area (Å²) in [6.45, 7) is 0.377. The van der Waals surface area contributed by atoms with Crippen molar-refractivity contribution in [1.29, 1.82) is 0 Å². The number of hydrogen-bond donors (Lipinski definition) is 0. The van der Waals surface area contributed by atoms with Crippen LogP contribution in [0.3, 0.4) is 0 Å². The van der Waals surface area contributed by atoms with Gasteiger partial charge in [-0.2, -0.15) is 0 Å². The fraction of sp³-hybridized carbons (Fsp3) is 0.211. The van der Waals surface area contributed by atoms with Crippen molar-refractivity contribution in [1.82, 2.24) is 0 Å². The fourth-order valence-electron chi connectivity index (χ4n) is 3.03. The van der Waals surface area contributed by atoms with Crippen LogP contribution >= 0.6 is 0 Å². The normalized spacial score (nSPS) is 14.3. The Labute approximate surface area is 152 Å². The Morgan fingerprint density at radius 3 is 2.73 bits per heavy atom. The van der Waals surface area contributed by atoms with Crippen LogP contribution in [0.15, 0.2) is 53.4 Å². The third-order valence-electron chi connectivity index (χ3n) is 4.24. The SMILES string of the molecule is COc1ccc(/C=C/C(=O)[O-])cc1S(=O)(=O)N1CCCc2ccccc21. The Morgan fingerprint density at radius 2 is 2.00 bits per heavy atom. The van der Waals surface area contributed by atoms with E-state index in [2.05, 4.69) is 0 Å². The zero-order valence-electron chi connectivity index (χ0n) is 14.2. The molecule has 0 saturated carbocycles. The first-order valence-electron chi connectivity index (χ1n) is 8.11. The van der Waals surface area contributed by atoms with Crippen LogP contribution in [0.25, 0.3) is 6.08 Å². The number of para-hydroxylation sites is 1. The highest BCUT2D eigenvalue weighted by molar-refractivity contribution is 7.93. The summed E-state index contributed by atoms with van der Waals surface area (Å²) in [5, 5.41) is 10.6. The maximum absolute atomic E-state index is 13.3. The Morgan fingerprint density at radius 1 is 1.23 bits per heavy atom. The van der Waals surface area contributed by atoms with Gasteiger partial charge in [-0.05, 0) is 48.2 Å². The number of carbonyl (C=O) groups is 1. The molecule has 0 bridgehead atoms. The van der Waals surface area contributed by atoms with Crippen molar-refractivity contribution in [3.05, 3.63) is 59.7 Å². The van der Waals surface area contributed by atoms with E-state index in [1.807, 2.05) is 18.2 Å². The van der Waals surface area contributed by atoms with Gasteiger partial charge in [0.15, 0.2) is 0 Å². The number of carbonyl (C=O) groups excluding carboxylic acids is 1. The topological polar surface area (TPSA) is 86.7 Å². The molecule has 7 heteroatoms. The van der Waals surface area contributed by atoms with Gasteiger partial charge in [0.2, 0.25) is 0 Å².